The van der Waals surface area contributed by atoms with Gasteiger partial charge in [0.15, 0.2) is 0 Å². The first-order valence-corrected chi connectivity index (χ1v) is 9.09. The van der Waals surface area contributed by atoms with Crippen molar-refractivity contribution in [2.75, 3.05) is 12.8 Å². The van der Waals surface area contributed by atoms with E-state index in [-0.39, 0.29) is 12.6 Å². The topological polar surface area (TPSA) is 101 Å². The second-order valence-corrected chi connectivity index (χ2v) is 7.56. The molecule has 2 atom stereocenters. The highest BCUT2D eigenvalue weighted by atomic mass is 32.2. The zero-order valence-electron chi connectivity index (χ0n) is 13.5. The van der Waals surface area contributed by atoms with Gasteiger partial charge in [0.1, 0.15) is 0 Å². The fourth-order valence-electron chi connectivity index (χ4n) is 1.98. The highest BCUT2D eigenvalue weighted by molar-refractivity contribution is 7.88. The maximum Gasteiger partial charge on any atom is 0.237 e. The minimum absolute atomic E-state index is 0.246. The minimum Gasteiger partial charge on any atom is -0.353 e. The first-order valence-electron chi connectivity index (χ1n) is 7.20. The van der Waals surface area contributed by atoms with Crippen LogP contribution in [0.3, 0.4) is 0 Å². The normalized spacial score (nSPS) is 14.6. The molecule has 1 aromatic carbocycles. The molecule has 2 unspecified atom stereocenters. The number of nitrogens with one attached hydrogen (secondary N) is 2. The van der Waals surface area contributed by atoms with E-state index in [0.29, 0.717) is 5.92 Å². The average molecular weight is 327 g/mol. The molecule has 0 aliphatic rings. The Labute approximate surface area is 132 Å². The van der Waals surface area contributed by atoms with Crippen LogP contribution in [-0.2, 0) is 14.8 Å². The highest BCUT2D eigenvalue weighted by Gasteiger charge is 2.17. The fourth-order valence-corrected chi connectivity index (χ4v) is 2.73. The van der Waals surface area contributed by atoms with E-state index in [2.05, 4.69) is 23.9 Å². The Hall–Kier alpha value is -1.44. The van der Waals surface area contributed by atoms with Crippen LogP contribution in [0.4, 0.5) is 0 Å². The summed E-state index contributed by atoms with van der Waals surface area (Å²) in [5.41, 5.74) is 8.20. The molecule has 0 aliphatic heterocycles. The van der Waals surface area contributed by atoms with E-state index in [1.807, 2.05) is 24.3 Å². The maximum absolute atomic E-state index is 11.8. The number of sulfonamides is 1. The molecule has 1 amide bonds. The first kappa shape index (κ1) is 18.6. The van der Waals surface area contributed by atoms with Crippen LogP contribution < -0.4 is 15.8 Å². The van der Waals surface area contributed by atoms with Crippen molar-refractivity contribution in [1.82, 2.24) is 10.0 Å². The third kappa shape index (κ3) is 6.13. The van der Waals surface area contributed by atoms with Gasteiger partial charge in [0.25, 0.3) is 0 Å². The van der Waals surface area contributed by atoms with Crippen molar-refractivity contribution in [2.45, 2.75) is 38.8 Å². The maximum atomic E-state index is 11.8. The summed E-state index contributed by atoms with van der Waals surface area (Å²) in [4.78, 5) is 11.8. The molecule has 124 valence electrons. The van der Waals surface area contributed by atoms with E-state index in [4.69, 9.17) is 5.73 Å². The monoisotopic (exact) mass is 327 g/mol. The summed E-state index contributed by atoms with van der Waals surface area (Å²) in [6, 6.07) is 6.78. The smallest absolute Gasteiger partial charge is 0.237 e. The second kappa shape index (κ2) is 7.71. The van der Waals surface area contributed by atoms with Crippen LogP contribution in [0.5, 0.6) is 0 Å². The summed E-state index contributed by atoms with van der Waals surface area (Å²) < 4.78 is 24.4. The summed E-state index contributed by atoms with van der Waals surface area (Å²) in [5, 5.41) is 2.65. The summed E-state index contributed by atoms with van der Waals surface area (Å²) in [7, 11) is -3.41. The first-order chi connectivity index (χ1) is 10.1. The van der Waals surface area contributed by atoms with Gasteiger partial charge in [0.05, 0.1) is 12.3 Å². The molecule has 4 N–H and O–H groups in total. The summed E-state index contributed by atoms with van der Waals surface area (Å²) in [6.45, 7) is 5.96. The van der Waals surface area contributed by atoms with Crippen molar-refractivity contribution >= 4 is 15.9 Å². The lowest BCUT2D eigenvalue weighted by Gasteiger charge is -2.17. The molecule has 0 aromatic heterocycles. The number of amides is 1. The lowest BCUT2D eigenvalue weighted by molar-refractivity contribution is -0.122. The van der Waals surface area contributed by atoms with Crippen LogP contribution in [0.1, 0.15) is 43.9 Å². The van der Waals surface area contributed by atoms with E-state index in [1.165, 1.54) is 12.5 Å². The minimum atomic E-state index is -3.41. The predicted octanol–water partition coefficient (Wildman–Crippen LogP) is 0.864. The molecule has 0 fully saturated rings. The molecule has 1 aromatic rings. The second-order valence-electron chi connectivity index (χ2n) is 5.78. The SMILES string of the molecule is CC(NS(C)(=O)=O)C(=O)NCC(N)c1ccc(C(C)C)cc1. The molecular formula is C15H25N3O3S. The molecule has 1 rings (SSSR count). The van der Waals surface area contributed by atoms with Gasteiger partial charge >= 0.3 is 0 Å². The van der Waals surface area contributed by atoms with Crippen molar-refractivity contribution < 1.29 is 13.2 Å². The van der Waals surface area contributed by atoms with Gasteiger partial charge in [-0.2, -0.15) is 0 Å². The fraction of sp³-hybridized carbons (Fsp3) is 0.533. The standard InChI is InChI=1S/C15H25N3O3S/c1-10(2)12-5-7-13(8-6-12)14(16)9-17-15(19)11(3)18-22(4,20)21/h5-8,10-11,14,18H,9,16H2,1-4H3,(H,17,19). The van der Waals surface area contributed by atoms with Gasteiger partial charge in [-0.3, -0.25) is 4.79 Å². The molecule has 0 radical (unpaired) electrons. The van der Waals surface area contributed by atoms with Gasteiger partial charge in [-0.25, -0.2) is 13.1 Å². The van der Waals surface area contributed by atoms with Gasteiger partial charge in [-0.1, -0.05) is 38.1 Å². The summed E-state index contributed by atoms with van der Waals surface area (Å²) >= 11 is 0. The Morgan fingerprint density at radius 2 is 1.64 bits per heavy atom. The molecular weight excluding hydrogens is 302 g/mol. The van der Waals surface area contributed by atoms with Crippen molar-refractivity contribution in [3.8, 4) is 0 Å². The van der Waals surface area contributed by atoms with Gasteiger partial charge in [0, 0.05) is 12.6 Å². The molecule has 0 spiro atoms. The van der Waals surface area contributed by atoms with Gasteiger partial charge in [0.2, 0.25) is 15.9 Å². The molecule has 22 heavy (non-hydrogen) atoms. The van der Waals surface area contributed by atoms with Crippen LogP contribution in [0.2, 0.25) is 0 Å². The number of nitrogens with two attached hydrogens (primary N) is 1. The number of carbonyl (C=O) groups is 1. The van der Waals surface area contributed by atoms with Crippen LogP contribution in [-0.4, -0.2) is 33.2 Å². The lowest BCUT2D eigenvalue weighted by atomic mass is 9.99. The van der Waals surface area contributed by atoms with Crippen molar-refractivity contribution in [1.29, 1.82) is 0 Å². The van der Waals surface area contributed by atoms with Gasteiger partial charge in [-0.05, 0) is 24.0 Å². The number of rotatable bonds is 7. The Morgan fingerprint density at radius 3 is 2.09 bits per heavy atom. The van der Waals surface area contributed by atoms with Gasteiger partial charge < -0.3 is 11.1 Å². The van der Waals surface area contributed by atoms with E-state index in [1.54, 1.807) is 0 Å². The lowest BCUT2D eigenvalue weighted by Crippen LogP contribution is -2.46. The Morgan fingerprint density at radius 1 is 1.14 bits per heavy atom. The predicted molar refractivity (Wildman–Crippen MR) is 87.9 cm³/mol. The molecule has 0 aliphatic carbocycles. The Kier molecular flexibility index (Phi) is 6.52. The molecule has 0 saturated carbocycles. The van der Waals surface area contributed by atoms with Crippen LogP contribution >= 0.6 is 0 Å². The number of hydrogen-bond acceptors (Lipinski definition) is 4. The third-order valence-electron chi connectivity index (χ3n) is 3.31. The molecule has 7 heteroatoms. The number of hydrogen-bond donors (Lipinski definition) is 3. The molecule has 0 heterocycles. The van der Waals surface area contributed by atoms with Crippen LogP contribution in [0, 0.1) is 0 Å². The zero-order chi connectivity index (χ0) is 16.9. The van der Waals surface area contributed by atoms with Crippen molar-refractivity contribution in [2.24, 2.45) is 5.73 Å². The zero-order valence-corrected chi connectivity index (χ0v) is 14.3. The van der Waals surface area contributed by atoms with E-state index in [0.717, 1.165) is 11.8 Å². The van der Waals surface area contributed by atoms with Gasteiger partial charge in [-0.15, -0.1) is 0 Å². The number of benzene rings is 1. The quantitative estimate of drug-likeness (QED) is 0.691. The van der Waals surface area contributed by atoms with Crippen LogP contribution in [0.25, 0.3) is 0 Å². The Balaban J connectivity index is 2.55. The number of carbonyl (C=O) groups excluding carboxylic acids is 1. The van der Waals surface area contributed by atoms with Crippen molar-refractivity contribution in [3.05, 3.63) is 35.4 Å². The van der Waals surface area contributed by atoms with E-state index in [9.17, 15) is 13.2 Å². The third-order valence-corrected chi connectivity index (χ3v) is 4.09. The molecule has 6 nitrogen and oxygen atoms in total. The Bertz CT molecular complexity index is 597. The van der Waals surface area contributed by atoms with E-state index < -0.39 is 22.0 Å². The molecule has 0 bridgehead atoms. The summed E-state index contributed by atoms with van der Waals surface area (Å²) in [6.07, 6.45) is 1.01. The van der Waals surface area contributed by atoms with Crippen LogP contribution in [0.15, 0.2) is 24.3 Å². The van der Waals surface area contributed by atoms with E-state index >= 15 is 0 Å². The highest BCUT2D eigenvalue weighted by Crippen LogP contribution is 2.17. The largest absolute Gasteiger partial charge is 0.353 e. The molecule has 0 saturated heterocycles. The summed E-state index contributed by atoms with van der Waals surface area (Å²) in [5.74, 6) is 0.0487. The average Bonchev–Trinajstić information content (AvgIpc) is 2.42. The van der Waals surface area contributed by atoms with Crippen molar-refractivity contribution in [3.63, 3.8) is 0 Å².